The van der Waals surface area contributed by atoms with Gasteiger partial charge in [0.15, 0.2) is 0 Å². The quantitative estimate of drug-likeness (QED) is 0.716. The standard InChI is InChI=1S/C11H12N4O2S2/c12-11(18)5-8-1-3-10(4-2-8)19(16,17)15-9-6-13-14-7-9/h1-4,6-7,15H,5H2,(H2,12,18)(H,13,14). The van der Waals surface area contributed by atoms with Crippen molar-refractivity contribution in [3.8, 4) is 0 Å². The second-order valence-electron chi connectivity index (χ2n) is 3.88. The Morgan fingerprint density at radius 3 is 2.58 bits per heavy atom. The van der Waals surface area contributed by atoms with Gasteiger partial charge in [0.2, 0.25) is 0 Å². The Balaban J connectivity index is 2.19. The summed E-state index contributed by atoms with van der Waals surface area (Å²) in [5.74, 6) is 0. The number of thiocarbonyl (C=S) groups is 1. The molecule has 0 atom stereocenters. The summed E-state index contributed by atoms with van der Waals surface area (Å²) in [6.07, 6.45) is 3.29. The fraction of sp³-hybridized carbons (Fsp3) is 0.0909. The normalized spacial score (nSPS) is 11.2. The van der Waals surface area contributed by atoms with E-state index in [2.05, 4.69) is 14.9 Å². The predicted octanol–water partition coefficient (Wildman–Crippen LogP) is 1.04. The van der Waals surface area contributed by atoms with E-state index in [1.807, 2.05) is 0 Å². The number of H-pyrrole nitrogens is 1. The lowest BCUT2D eigenvalue weighted by Gasteiger charge is -2.06. The Bertz CT molecular complexity index is 663. The number of benzene rings is 1. The van der Waals surface area contributed by atoms with Crippen LogP contribution in [0.5, 0.6) is 0 Å². The van der Waals surface area contributed by atoms with E-state index in [9.17, 15) is 8.42 Å². The zero-order valence-electron chi connectivity index (χ0n) is 9.83. The van der Waals surface area contributed by atoms with Crippen LogP contribution in [0.4, 0.5) is 5.69 Å². The molecule has 0 fully saturated rings. The van der Waals surface area contributed by atoms with Crippen molar-refractivity contribution < 1.29 is 8.42 Å². The number of nitrogens with zero attached hydrogens (tertiary/aromatic N) is 1. The lowest BCUT2D eigenvalue weighted by atomic mass is 10.1. The van der Waals surface area contributed by atoms with Crippen molar-refractivity contribution in [2.45, 2.75) is 11.3 Å². The number of rotatable bonds is 5. The summed E-state index contributed by atoms with van der Waals surface area (Å²) in [6, 6.07) is 6.39. The SMILES string of the molecule is NC(=S)Cc1ccc(S(=O)(=O)Nc2cn[nH]c2)cc1. The monoisotopic (exact) mass is 296 g/mol. The van der Waals surface area contributed by atoms with Gasteiger partial charge in [0.1, 0.15) is 0 Å². The first-order valence-corrected chi connectivity index (χ1v) is 7.25. The molecule has 0 bridgehead atoms. The van der Waals surface area contributed by atoms with Crippen molar-refractivity contribution in [3.63, 3.8) is 0 Å². The van der Waals surface area contributed by atoms with Crippen LogP contribution in [0.25, 0.3) is 0 Å². The molecule has 0 spiro atoms. The van der Waals surface area contributed by atoms with Crippen LogP contribution in [0, 0.1) is 0 Å². The van der Waals surface area contributed by atoms with Crippen LogP contribution in [0.3, 0.4) is 0 Å². The number of hydrogen-bond acceptors (Lipinski definition) is 4. The van der Waals surface area contributed by atoms with Gasteiger partial charge in [-0.3, -0.25) is 9.82 Å². The smallest absolute Gasteiger partial charge is 0.261 e. The molecule has 1 aromatic heterocycles. The molecule has 0 unspecified atom stereocenters. The Morgan fingerprint density at radius 1 is 1.37 bits per heavy atom. The molecule has 0 aliphatic carbocycles. The Kier molecular flexibility index (Phi) is 3.82. The summed E-state index contributed by atoms with van der Waals surface area (Å²) in [7, 11) is -3.60. The molecule has 100 valence electrons. The van der Waals surface area contributed by atoms with Crippen LogP contribution in [-0.2, 0) is 16.4 Å². The maximum atomic E-state index is 12.0. The highest BCUT2D eigenvalue weighted by atomic mass is 32.2. The van der Waals surface area contributed by atoms with E-state index in [4.69, 9.17) is 18.0 Å². The van der Waals surface area contributed by atoms with Gasteiger partial charge in [-0.05, 0) is 17.7 Å². The molecule has 0 radical (unpaired) electrons. The van der Waals surface area contributed by atoms with Gasteiger partial charge in [-0.1, -0.05) is 24.4 Å². The molecule has 8 heteroatoms. The molecule has 0 aliphatic heterocycles. The topological polar surface area (TPSA) is 101 Å². The summed E-state index contributed by atoms with van der Waals surface area (Å²) < 4.78 is 26.5. The van der Waals surface area contributed by atoms with E-state index in [1.54, 1.807) is 12.1 Å². The van der Waals surface area contributed by atoms with Crippen molar-refractivity contribution in [2.24, 2.45) is 5.73 Å². The number of sulfonamides is 1. The molecule has 0 aliphatic rings. The average Bonchev–Trinajstić information content (AvgIpc) is 2.81. The van der Waals surface area contributed by atoms with Crippen LogP contribution in [-0.4, -0.2) is 23.6 Å². The summed E-state index contributed by atoms with van der Waals surface area (Å²) in [6.45, 7) is 0. The third kappa shape index (κ3) is 3.52. The Labute approximate surface area is 116 Å². The molecule has 19 heavy (non-hydrogen) atoms. The minimum Gasteiger partial charge on any atom is -0.393 e. The molecule has 4 N–H and O–H groups in total. The van der Waals surface area contributed by atoms with Gasteiger partial charge in [-0.2, -0.15) is 5.10 Å². The van der Waals surface area contributed by atoms with E-state index in [0.29, 0.717) is 17.1 Å². The van der Waals surface area contributed by atoms with Gasteiger partial charge >= 0.3 is 0 Å². The number of nitrogens with one attached hydrogen (secondary N) is 2. The summed E-state index contributed by atoms with van der Waals surface area (Å²) >= 11 is 4.80. The third-order valence-electron chi connectivity index (χ3n) is 2.36. The van der Waals surface area contributed by atoms with Crippen molar-refractivity contribution >= 4 is 32.9 Å². The van der Waals surface area contributed by atoms with Gasteiger partial charge in [-0.25, -0.2) is 8.42 Å². The number of aromatic nitrogens is 2. The lowest BCUT2D eigenvalue weighted by Crippen LogP contribution is -2.13. The van der Waals surface area contributed by atoms with Gasteiger partial charge in [0, 0.05) is 12.6 Å². The highest BCUT2D eigenvalue weighted by molar-refractivity contribution is 7.92. The highest BCUT2D eigenvalue weighted by Crippen LogP contribution is 2.15. The minimum atomic E-state index is -3.60. The molecule has 0 saturated carbocycles. The van der Waals surface area contributed by atoms with Crippen molar-refractivity contribution in [1.82, 2.24) is 10.2 Å². The zero-order valence-corrected chi connectivity index (χ0v) is 11.5. The van der Waals surface area contributed by atoms with Crippen molar-refractivity contribution in [1.29, 1.82) is 0 Å². The lowest BCUT2D eigenvalue weighted by molar-refractivity contribution is 0.601. The fourth-order valence-electron chi connectivity index (χ4n) is 1.51. The summed E-state index contributed by atoms with van der Waals surface area (Å²) in [5.41, 5.74) is 6.68. The number of hydrogen-bond donors (Lipinski definition) is 3. The Hall–Kier alpha value is -1.93. The molecule has 2 aromatic rings. The molecule has 6 nitrogen and oxygen atoms in total. The third-order valence-corrected chi connectivity index (χ3v) is 3.90. The molecule has 1 aromatic carbocycles. The van der Waals surface area contributed by atoms with Crippen LogP contribution in [0.2, 0.25) is 0 Å². The van der Waals surface area contributed by atoms with Crippen LogP contribution in [0.1, 0.15) is 5.56 Å². The van der Waals surface area contributed by atoms with E-state index >= 15 is 0 Å². The molecule has 1 heterocycles. The number of aromatic amines is 1. The molecule has 0 saturated heterocycles. The fourth-order valence-corrected chi connectivity index (χ4v) is 2.71. The van der Waals surface area contributed by atoms with Crippen molar-refractivity contribution in [3.05, 3.63) is 42.2 Å². The minimum absolute atomic E-state index is 0.167. The first kappa shape index (κ1) is 13.5. The summed E-state index contributed by atoms with van der Waals surface area (Å²) in [4.78, 5) is 0.535. The van der Waals surface area contributed by atoms with E-state index in [0.717, 1.165) is 5.56 Å². The van der Waals surface area contributed by atoms with E-state index < -0.39 is 10.0 Å². The average molecular weight is 296 g/mol. The maximum Gasteiger partial charge on any atom is 0.261 e. The maximum absolute atomic E-state index is 12.0. The molecule has 2 rings (SSSR count). The van der Waals surface area contributed by atoms with Gasteiger partial charge in [0.05, 0.1) is 21.8 Å². The highest BCUT2D eigenvalue weighted by Gasteiger charge is 2.14. The van der Waals surface area contributed by atoms with Crippen LogP contribution < -0.4 is 10.5 Å². The molecular formula is C11H12N4O2S2. The number of nitrogens with two attached hydrogens (primary N) is 1. The van der Waals surface area contributed by atoms with Crippen LogP contribution >= 0.6 is 12.2 Å². The van der Waals surface area contributed by atoms with Crippen molar-refractivity contribution in [2.75, 3.05) is 4.72 Å². The first-order valence-electron chi connectivity index (χ1n) is 5.36. The predicted molar refractivity (Wildman–Crippen MR) is 76.3 cm³/mol. The van der Waals surface area contributed by atoms with Gasteiger partial charge in [0.25, 0.3) is 10.0 Å². The summed E-state index contributed by atoms with van der Waals surface area (Å²) in [5, 5.41) is 6.20. The van der Waals surface area contributed by atoms with E-state index in [-0.39, 0.29) is 4.90 Å². The zero-order chi connectivity index (χ0) is 13.9. The van der Waals surface area contributed by atoms with Crippen LogP contribution in [0.15, 0.2) is 41.6 Å². The molecule has 0 amide bonds. The second kappa shape index (κ2) is 5.37. The number of anilines is 1. The first-order chi connectivity index (χ1) is 8.97. The largest absolute Gasteiger partial charge is 0.393 e. The molecular weight excluding hydrogens is 284 g/mol. The van der Waals surface area contributed by atoms with E-state index in [1.165, 1.54) is 24.5 Å². The van der Waals surface area contributed by atoms with Gasteiger partial charge < -0.3 is 5.73 Å². The second-order valence-corrected chi connectivity index (χ2v) is 6.09. The van der Waals surface area contributed by atoms with Gasteiger partial charge in [-0.15, -0.1) is 0 Å². The Morgan fingerprint density at radius 2 is 2.05 bits per heavy atom.